The Morgan fingerprint density at radius 2 is 2.12 bits per heavy atom. The van der Waals surface area contributed by atoms with Crippen molar-refractivity contribution in [3.8, 4) is 0 Å². The lowest BCUT2D eigenvalue weighted by molar-refractivity contribution is -0.279. The smallest absolute Gasteiger partial charge is 0.412 e. The lowest BCUT2D eigenvalue weighted by atomic mass is 9.96. The first-order valence-electron chi connectivity index (χ1n) is 4.30. The Hall–Kier alpha value is -1.42. The number of carbonyl (C=O) groups is 2. The standard InChI is InChI=1S/C7H9NO8/c9-2-1-15-7(3(2)10)6(14,4(11)12)8-5(13)16-7/h2-3,9-10,14H,1H2,(H,8,13)(H,11,12). The molecule has 4 atom stereocenters. The SMILES string of the molecule is O=C1NC(O)(C(=O)O)C2(OCC(O)C2O)O1. The molecule has 1 amide bonds. The monoisotopic (exact) mass is 235 g/mol. The zero-order valence-corrected chi connectivity index (χ0v) is 7.78. The number of nitrogens with one attached hydrogen (secondary N) is 1. The highest BCUT2D eigenvalue weighted by Gasteiger charge is 2.74. The molecule has 0 bridgehead atoms. The number of rotatable bonds is 1. The van der Waals surface area contributed by atoms with Gasteiger partial charge in [0.05, 0.1) is 6.61 Å². The zero-order chi connectivity index (χ0) is 12.1. The van der Waals surface area contributed by atoms with E-state index in [1.54, 1.807) is 5.32 Å². The molecule has 16 heavy (non-hydrogen) atoms. The summed E-state index contributed by atoms with van der Waals surface area (Å²) in [5.74, 6) is -4.40. The molecule has 2 rings (SSSR count). The molecule has 4 unspecified atom stereocenters. The van der Waals surface area contributed by atoms with Gasteiger partial charge in [-0.15, -0.1) is 0 Å². The van der Waals surface area contributed by atoms with Gasteiger partial charge < -0.3 is 29.9 Å². The number of aliphatic carboxylic acids is 1. The lowest BCUT2D eigenvalue weighted by Gasteiger charge is -2.33. The molecule has 1 spiro atoms. The van der Waals surface area contributed by atoms with Gasteiger partial charge in [0.1, 0.15) is 6.10 Å². The third-order valence-electron chi connectivity index (χ3n) is 2.56. The summed E-state index contributed by atoms with van der Waals surface area (Å²) in [5.41, 5.74) is -2.94. The van der Waals surface area contributed by atoms with E-state index in [0.29, 0.717) is 0 Å². The first-order valence-corrected chi connectivity index (χ1v) is 4.30. The number of aliphatic hydroxyl groups is 3. The average molecular weight is 235 g/mol. The van der Waals surface area contributed by atoms with Gasteiger partial charge in [0.25, 0.3) is 0 Å². The van der Waals surface area contributed by atoms with Crippen molar-refractivity contribution >= 4 is 12.1 Å². The summed E-state index contributed by atoms with van der Waals surface area (Å²) in [7, 11) is 0. The largest absolute Gasteiger partial charge is 0.477 e. The van der Waals surface area contributed by atoms with Crippen LogP contribution in [0.5, 0.6) is 0 Å². The Kier molecular flexibility index (Phi) is 2.11. The minimum absolute atomic E-state index is 0.467. The number of amides is 1. The van der Waals surface area contributed by atoms with Crippen molar-refractivity contribution < 1.29 is 39.5 Å². The molecule has 5 N–H and O–H groups in total. The van der Waals surface area contributed by atoms with Gasteiger partial charge in [0.2, 0.25) is 0 Å². The molecule has 2 fully saturated rings. The quantitative estimate of drug-likeness (QED) is 0.322. The number of alkyl carbamates (subject to hydrolysis) is 1. The van der Waals surface area contributed by atoms with Crippen LogP contribution in [-0.2, 0) is 14.3 Å². The number of carbonyl (C=O) groups excluding carboxylic acids is 1. The van der Waals surface area contributed by atoms with Crippen molar-refractivity contribution in [2.75, 3.05) is 6.61 Å². The highest BCUT2D eigenvalue weighted by Crippen LogP contribution is 2.40. The number of hydrogen-bond acceptors (Lipinski definition) is 7. The summed E-state index contributed by atoms with van der Waals surface area (Å²) in [4.78, 5) is 21.8. The third-order valence-corrected chi connectivity index (χ3v) is 2.56. The Morgan fingerprint density at radius 3 is 2.56 bits per heavy atom. The van der Waals surface area contributed by atoms with Crippen LogP contribution in [0, 0.1) is 0 Å². The summed E-state index contributed by atoms with van der Waals surface area (Å²) >= 11 is 0. The van der Waals surface area contributed by atoms with E-state index in [9.17, 15) is 24.9 Å². The van der Waals surface area contributed by atoms with Crippen molar-refractivity contribution in [3.05, 3.63) is 0 Å². The number of hydrogen-bond donors (Lipinski definition) is 5. The first-order chi connectivity index (χ1) is 7.33. The van der Waals surface area contributed by atoms with Crippen molar-refractivity contribution in [3.63, 3.8) is 0 Å². The molecule has 2 heterocycles. The molecule has 2 aliphatic heterocycles. The maximum Gasteiger partial charge on any atom is 0.412 e. The van der Waals surface area contributed by atoms with Crippen molar-refractivity contribution in [1.29, 1.82) is 0 Å². The minimum atomic E-state index is -2.94. The number of aliphatic hydroxyl groups excluding tert-OH is 2. The van der Waals surface area contributed by atoms with E-state index >= 15 is 0 Å². The van der Waals surface area contributed by atoms with Gasteiger partial charge >= 0.3 is 23.6 Å². The highest BCUT2D eigenvalue weighted by molar-refractivity contribution is 5.87. The Labute approximate surface area is 88.2 Å². The van der Waals surface area contributed by atoms with Gasteiger partial charge in [0, 0.05) is 0 Å². The summed E-state index contributed by atoms with van der Waals surface area (Å²) in [6.07, 6.45) is -4.59. The molecule has 0 radical (unpaired) electrons. The van der Waals surface area contributed by atoms with E-state index in [-0.39, 0.29) is 0 Å². The number of carboxylic acid groups (broad SMARTS) is 1. The molecule has 2 aliphatic rings. The number of carboxylic acids is 1. The van der Waals surface area contributed by atoms with Gasteiger partial charge in [-0.25, -0.2) is 9.59 Å². The van der Waals surface area contributed by atoms with Crippen LogP contribution in [0.3, 0.4) is 0 Å². The maximum absolute atomic E-state index is 10.9. The second kappa shape index (κ2) is 3.04. The second-order valence-electron chi connectivity index (χ2n) is 3.52. The fraction of sp³-hybridized carbons (Fsp3) is 0.714. The van der Waals surface area contributed by atoms with Gasteiger partial charge in [-0.3, -0.25) is 5.32 Å². The Balaban J connectivity index is 2.46. The van der Waals surface area contributed by atoms with Crippen LogP contribution < -0.4 is 5.32 Å². The fourth-order valence-electron chi connectivity index (χ4n) is 1.72. The average Bonchev–Trinajstić information content (AvgIpc) is 2.61. The van der Waals surface area contributed by atoms with E-state index in [1.165, 1.54) is 0 Å². The van der Waals surface area contributed by atoms with Crippen LogP contribution in [0.4, 0.5) is 4.79 Å². The van der Waals surface area contributed by atoms with E-state index < -0.39 is 42.4 Å². The Morgan fingerprint density at radius 1 is 1.50 bits per heavy atom. The molecule has 90 valence electrons. The van der Waals surface area contributed by atoms with Gasteiger partial charge in [-0.1, -0.05) is 0 Å². The van der Waals surface area contributed by atoms with Crippen LogP contribution in [0.25, 0.3) is 0 Å². The summed E-state index contributed by atoms with van der Waals surface area (Å²) in [6.45, 7) is -0.467. The van der Waals surface area contributed by atoms with E-state index in [1.807, 2.05) is 0 Å². The maximum atomic E-state index is 10.9. The summed E-state index contributed by atoms with van der Waals surface area (Å²) < 4.78 is 9.19. The molecule has 2 saturated heterocycles. The van der Waals surface area contributed by atoms with Gasteiger partial charge in [-0.05, 0) is 0 Å². The highest BCUT2D eigenvalue weighted by atomic mass is 16.8. The second-order valence-corrected chi connectivity index (χ2v) is 3.52. The topological polar surface area (TPSA) is 146 Å². The summed E-state index contributed by atoms with van der Waals surface area (Å²) in [5, 5.41) is 38.9. The number of ether oxygens (including phenoxy) is 2. The molecular formula is C7H9NO8. The molecule has 0 aromatic carbocycles. The van der Waals surface area contributed by atoms with E-state index in [4.69, 9.17) is 9.84 Å². The molecular weight excluding hydrogens is 226 g/mol. The van der Waals surface area contributed by atoms with Gasteiger partial charge in [-0.2, -0.15) is 0 Å². The third kappa shape index (κ3) is 1.08. The molecule has 0 aliphatic carbocycles. The van der Waals surface area contributed by atoms with Crippen LogP contribution in [0.1, 0.15) is 0 Å². The lowest BCUT2D eigenvalue weighted by Crippen LogP contribution is -2.67. The van der Waals surface area contributed by atoms with E-state index in [2.05, 4.69) is 4.74 Å². The van der Waals surface area contributed by atoms with Crippen LogP contribution >= 0.6 is 0 Å². The van der Waals surface area contributed by atoms with Crippen molar-refractivity contribution in [1.82, 2.24) is 5.32 Å². The Bertz CT molecular complexity index is 358. The normalized spacial score (nSPS) is 46.8. The van der Waals surface area contributed by atoms with Crippen molar-refractivity contribution in [2.45, 2.75) is 23.7 Å². The van der Waals surface area contributed by atoms with Crippen LogP contribution in [0.15, 0.2) is 0 Å². The van der Waals surface area contributed by atoms with Gasteiger partial charge in [0.15, 0.2) is 6.10 Å². The van der Waals surface area contributed by atoms with Crippen molar-refractivity contribution in [2.24, 2.45) is 0 Å². The molecule has 9 nitrogen and oxygen atoms in total. The zero-order valence-electron chi connectivity index (χ0n) is 7.78. The predicted octanol–water partition coefficient (Wildman–Crippen LogP) is -3.05. The van der Waals surface area contributed by atoms with E-state index in [0.717, 1.165) is 0 Å². The van der Waals surface area contributed by atoms with Crippen LogP contribution in [0.2, 0.25) is 0 Å². The predicted molar refractivity (Wildman–Crippen MR) is 42.9 cm³/mol. The molecule has 0 aromatic rings. The molecule has 0 aromatic heterocycles. The first kappa shape index (κ1) is 11.1. The molecule has 9 heteroatoms. The molecule has 0 saturated carbocycles. The fourth-order valence-corrected chi connectivity index (χ4v) is 1.72. The minimum Gasteiger partial charge on any atom is -0.477 e. The summed E-state index contributed by atoms with van der Waals surface area (Å²) in [6, 6.07) is 0. The van der Waals surface area contributed by atoms with Crippen LogP contribution in [-0.4, -0.2) is 62.8 Å².